The van der Waals surface area contributed by atoms with E-state index >= 15 is 0 Å². The summed E-state index contributed by atoms with van der Waals surface area (Å²) in [4.78, 5) is 11.7. The summed E-state index contributed by atoms with van der Waals surface area (Å²) in [5.74, 6) is 1.32. The number of rotatable bonds is 7. The summed E-state index contributed by atoms with van der Waals surface area (Å²) in [7, 11) is 0. The molecule has 0 aliphatic rings. The van der Waals surface area contributed by atoms with E-state index in [0.29, 0.717) is 18.9 Å². The second-order valence-electron chi connectivity index (χ2n) is 6.19. The molecule has 0 spiro atoms. The van der Waals surface area contributed by atoms with Crippen LogP contribution in [0.15, 0.2) is 46.0 Å². The molecular formula is C18H23NO2S2. The monoisotopic (exact) mass is 349 g/mol. The van der Waals surface area contributed by atoms with Gasteiger partial charge in [0.1, 0.15) is 12.4 Å². The SMILES string of the molecule is CC(C)(C)c1ccc(OCCNC(=O)CSc2cccs2)cc1. The van der Waals surface area contributed by atoms with Crippen molar-refractivity contribution in [1.82, 2.24) is 5.32 Å². The predicted octanol–water partition coefficient (Wildman–Crippen LogP) is 4.33. The zero-order chi connectivity index (χ0) is 16.7. The molecule has 0 aliphatic carbocycles. The summed E-state index contributed by atoms with van der Waals surface area (Å²) >= 11 is 3.21. The largest absolute Gasteiger partial charge is 0.492 e. The van der Waals surface area contributed by atoms with Gasteiger partial charge in [-0.1, -0.05) is 39.0 Å². The van der Waals surface area contributed by atoms with Gasteiger partial charge in [0, 0.05) is 0 Å². The topological polar surface area (TPSA) is 38.3 Å². The maximum atomic E-state index is 11.7. The minimum Gasteiger partial charge on any atom is -0.492 e. The van der Waals surface area contributed by atoms with E-state index in [-0.39, 0.29) is 11.3 Å². The van der Waals surface area contributed by atoms with Gasteiger partial charge >= 0.3 is 0 Å². The number of hydrogen-bond acceptors (Lipinski definition) is 4. The van der Waals surface area contributed by atoms with Gasteiger partial charge < -0.3 is 10.1 Å². The molecular weight excluding hydrogens is 326 g/mol. The Morgan fingerprint density at radius 3 is 2.57 bits per heavy atom. The number of carbonyl (C=O) groups excluding carboxylic acids is 1. The Morgan fingerprint density at radius 1 is 1.22 bits per heavy atom. The van der Waals surface area contributed by atoms with Gasteiger partial charge in [-0.25, -0.2) is 0 Å². The van der Waals surface area contributed by atoms with Crippen LogP contribution in [0.2, 0.25) is 0 Å². The number of hydrogen-bond donors (Lipinski definition) is 1. The summed E-state index contributed by atoms with van der Waals surface area (Å²) in [6.07, 6.45) is 0. The first-order valence-corrected chi connectivity index (χ1v) is 9.48. The summed E-state index contributed by atoms with van der Waals surface area (Å²) in [6, 6.07) is 12.2. The molecule has 5 heteroatoms. The molecule has 1 heterocycles. The van der Waals surface area contributed by atoms with Crippen LogP contribution >= 0.6 is 23.1 Å². The van der Waals surface area contributed by atoms with Crippen LogP contribution in [-0.2, 0) is 10.2 Å². The molecule has 0 saturated carbocycles. The number of thioether (sulfide) groups is 1. The molecule has 0 bridgehead atoms. The van der Waals surface area contributed by atoms with Gasteiger partial charge in [-0.2, -0.15) is 0 Å². The van der Waals surface area contributed by atoms with E-state index in [1.165, 1.54) is 5.56 Å². The van der Waals surface area contributed by atoms with Crippen molar-refractivity contribution in [3.63, 3.8) is 0 Å². The Kier molecular flexibility index (Phi) is 6.54. The number of nitrogens with one attached hydrogen (secondary N) is 1. The van der Waals surface area contributed by atoms with Crippen LogP contribution in [0.4, 0.5) is 0 Å². The van der Waals surface area contributed by atoms with Gasteiger partial charge in [-0.3, -0.25) is 4.79 Å². The molecule has 0 fully saturated rings. The highest BCUT2D eigenvalue weighted by Crippen LogP contribution is 2.24. The number of benzene rings is 1. The lowest BCUT2D eigenvalue weighted by Crippen LogP contribution is -2.29. The first-order chi connectivity index (χ1) is 10.9. The molecule has 0 aliphatic heterocycles. The maximum absolute atomic E-state index is 11.7. The average Bonchev–Trinajstić information content (AvgIpc) is 3.02. The van der Waals surface area contributed by atoms with Crippen molar-refractivity contribution in [3.05, 3.63) is 47.3 Å². The molecule has 0 atom stereocenters. The highest BCUT2D eigenvalue weighted by molar-refractivity contribution is 8.01. The van der Waals surface area contributed by atoms with E-state index in [2.05, 4.69) is 38.2 Å². The minimum absolute atomic E-state index is 0.0371. The Labute approximate surface area is 146 Å². The third-order valence-corrected chi connectivity index (χ3v) is 5.38. The van der Waals surface area contributed by atoms with Crippen molar-refractivity contribution in [1.29, 1.82) is 0 Å². The molecule has 1 amide bonds. The fourth-order valence-corrected chi connectivity index (χ4v) is 3.56. The molecule has 2 aromatic rings. The number of amides is 1. The first kappa shape index (κ1) is 17.9. The predicted molar refractivity (Wildman–Crippen MR) is 98.7 cm³/mol. The molecule has 3 nitrogen and oxygen atoms in total. The van der Waals surface area contributed by atoms with Crippen LogP contribution in [0, 0.1) is 0 Å². The fourth-order valence-electron chi connectivity index (χ4n) is 1.94. The first-order valence-electron chi connectivity index (χ1n) is 7.61. The van der Waals surface area contributed by atoms with Crippen LogP contribution in [0.1, 0.15) is 26.3 Å². The van der Waals surface area contributed by atoms with E-state index in [4.69, 9.17) is 4.74 Å². The van der Waals surface area contributed by atoms with Crippen LogP contribution in [0.3, 0.4) is 0 Å². The van der Waals surface area contributed by atoms with Crippen molar-refractivity contribution in [2.45, 2.75) is 30.4 Å². The normalized spacial score (nSPS) is 11.3. The van der Waals surface area contributed by atoms with Gasteiger partial charge in [-0.05, 0) is 34.6 Å². The Morgan fingerprint density at radius 2 is 1.96 bits per heavy atom. The number of ether oxygens (including phenoxy) is 1. The second-order valence-corrected chi connectivity index (χ2v) is 8.42. The van der Waals surface area contributed by atoms with Crippen molar-refractivity contribution in [2.24, 2.45) is 0 Å². The summed E-state index contributed by atoms with van der Waals surface area (Å²) in [6.45, 7) is 7.56. The highest BCUT2D eigenvalue weighted by Gasteiger charge is 2.12. The van der Waals surface area contributed by atoms with Crippen LogP contribution in [0.25, 0.3) is 0 Å². The number of carbonyl (C=O) groups is 1. The fraction of sp³-hybridized carbons (Fsp3) is 0.389. The van der Waals surface area contributed by atoms with E-state index in [1.54, 1.807) is 23.1 Å². The van der Waals surface area contributed by atoms with Gasteiger partial charge in [0.2, 0.25) is 5.91 Å². The molecule has 0 saturated heterocycles. The summed E-state index contributed by atoms with van der Waals surface area (Å²) in [5.41, 5.74) is 1.43. The van der Waals surface area contributed by atoms with E-state index in [1.807, 2.05) is 29.6 Å². The molecule has 0 unspecified atom stereocenters. The zero-order valence-electron chi connectivity index (χ0n) is 13.8. The van der Waals surface area contributed by atoms with Crippen LogP contribution in [-0.4, -0.2) is 24.8 Å². The smallest absolute Gasteiger partial charge is 0.230 e. The molecule has 1 aromatic carbocycles. The molecule has 124 valence electrons. The van der Waals surface area contributed by atoms with E-state index in [9.17, 15) is 4.79 Å². The molecule has 23 heavy (non-hydrogen) atoms. The lowest BCUT2D eigenvalue weighted by atomic mass is 9.87. The zero-order valence-corrected chi connectivity index (χ0v) is 15.4. The summed E-state index contributed by atoms with van der Waals surface area (Å²) < 4.78 is 6.82. The lowest BCUT2D eigenvalue weighted by molar-refractivity contribution is -0.118. The Balaban J connectivity index is 1.64. The molecule has 1 N–H and O–H groups in total. The minimum atomic E-state index is 0.0371. The highest BCUT2D eigenvalue weighted by atomic mass is 32.2. The van der Waals surface area contributed by atoms with E-state index < -0.39 is 0 Å². The average molecular weight is 350 g/mol. The van der Waals surface area contributed by atoms with Gasteiger partial charge in [0.05, 0.1) is 16.5 Å². The van der Waals surface area contributed by atoms with Crippen LogP contribution < -0.4 is 10.1 Å². The maximum Gasteiger partial charge on any atom is 0.230 e. The summed E-state index contributed by atoms with van der Waals surface area (Å²) in [5, 5.41) is 4.88. The van der Waals surface area contributed by atoms with Gasteiger partial charge in [-0.15, -0.1) is 23.1 Å². The Bertz CT molecular complexity index is 601. The molecule has 0 radical (unpaired) electrons. The van der Waals surface area contributed by atoms with Gasteiger partial charge in [0.25, 0.3) is 0 Å². The third kappa shape index (κ3) is 6.28. The molecule has 1 aromatic heterocycles. The van der Waals surface area contributed by atoms with E-state index in [0.717, 1.165) is 9.96 Å². The lowest BCUT2D eigenvalue weighted by Gasteiger charge is -2.19. The van der Waals surface area contributed by atoms with Crippen molar-refractivity contribution < 1.29 is 9.53 Å². The van der Waals surface area contributed by atoms with Gasteiger partial charge in [0.15, 0.2) is 0 Å². The van der Waals surface area contributed by atoms with Crippen molar-refractivity contribution in [3.8, 4) is 5.75 Å². The second kappa shape index (κ2) is 8.41. The van der Waals surface area contributed by atoms with Crippen molar-refractivity contribution >= 4 is 29.0 Å². The standard InChI is InChI=1S/C18H23NO2S2/c1-18(2,3)14-6-8-15(9-7-14)21-11-10-19-16(20)13-23-17-5-4-12-22-17/h4-9,12H,10-11,13H2,1-3H3,(H,19,20). The number of thiophene rings is 1. The quantitative estimate of drug-likeness (QED) is 0.597. The van der Waals surface area contributed by atoms with Crippen LogP contribution in [0.5, 0.6) is 5.75 Å². The Hall–Kier alpha value is -1.46. The van der Waals surface area contributed by atoms with Crippen molar-refractivity contribution in [2.75, 3.05) is 18.9 Å². The molecule has 2 rings (SSSR count). The third-order valence-electron chi connectivity index (χ3n) is 3.25.